The molecule has 5 heteroatoms. The number of likely N-dealkylation sites (N-methyl/N-ethyl adjacent to an activating group) is 1. The van der Waals surface area contributed by atoms with Crippen LogP contribution in [0.2, 0.25) is 0 Å². The highest BCUT2D eigenvalue weighted by atomic mass is 16.6. The van der Waals surface area contributed by atoms with Crippen LogP contribution >= 0.6 is 0 Å². The van der Waals surface area contributed by atoms with E-state index in [4.69, 9.17) is 4.74 Å². The van der Waals surface area contributed by atoms with Crippen molar-refractivity contribution in [3.05, 3.63) is 35.9 Å². The number of nitrogens with one attached hydrogen (secondary N) is 1. The molecule has 1 N–H and O–H groups in total. The minimum atomic E-state index is -0.794. The fourth-order valence-electron chi connectivity index (χ4n) is 1.78. The first-order chi connectivity index (χ1) is 9.69. The Balaban J connectivity index is 2.90. The standard InChI is InChI=1S/C16H24N2O3/c1-16(2,3)21-15(20)14(12-9-7-6-8-10-12)17-13(19)11-18(4)5/h6-10,14H,11H2,1-5H3,(H,17,19)/t14-/m0/s1. The van der Waals surface area contributed by atoms with Crippen LogP contribution in [-0.2, 0) is 14.3 Å². The van der Waals surface area contributed by atoms with Crippen molar-refractivity contribution in [3.8, 4) is 0 Å². The molecule has 0 spiro atoms. The molecule has 0 fully saturated rings. The highest BCUT2D eigenvalue weighted by Crippen LogP contribution is 2.18. The third kappa shape index (κ3) is 6.40. The van der Waals surface area contributed by atoms with Gasteiger partial charge in [-0.05, 0) is 40.4 Å². The summed E-state index contributed by atoms with van der Waals surface area (Å²) in [6.07, 6.45) is 0. The summed E-state index contributed by atoms with van der Waals surface area (Å²) in [5, 5.41) is 2.73. The van der Waals surface area contributed by atoms with Crippen molar-refractivity contribution >= 4 is 11.9 Å². The highest BCUT2D eigenvalue weighted by Gasteiger charge is 2.28. The van der Waals surface area contributed by atoms with Gasteiger partial charge in [-0.15, -0.1) is 0 Å². The van der Waals surface area contributed by atoms with E-state index in [1.165, 1.54) is 0 Å². The van der Waals surface area contributed by atoms with Crippen molar-refractivity contribution in [2.75, 3.05) is 20.6 Å². The van der Waals surface area contributed by atoms with Gasteiger partial charge in [0.2, 0.25) is 5.91 Å². The molecule has 0 aliphatic rings. The maximum atomic E-state index is 12.3. The van der Waals surface area contributed by atoms with Crippen LogP contribution in [0.1, 0.15) is 32.4 Å². The molecule has 5 nitrogen and oxygen atoms in total. The minimum absolute atomic E-state index is 0.214. The molecular formula is C16H24N2O3. The Morgan fingerprint density at radius 1 is 1.19 bits per heavy atom. The van der Waals surface area contributed by atoms with Gasteiger partial charge < -0.3 is 15.0 Å². The molecule has 1 aromatic carbocycles. The summed E-state index contributed by atoms with van der Waals surface area (Å²) in [7, 11) is 3.59. The number of hydrogen-bond donors (Lipinski definition) is 1. The number of carbonyl (C=O) groups excluding carboxylic acids is 2. The zero-order valence-electron chi connectivity index (χ0n) is 13.3. The van der Waals surface area contributed by atoms with Crippen LogP contribution in [0.3, 0.4) is 0 Å². The first-order valence-corrected chi connectivity index (χ1v) is 6.91. The number of rotatable bonds is 5. The number of hydrogen-bond acceptors (Lipinski definition) is 4. The molecule has 0 unspecified atom stereocenters. The van der Waals surface area contributed by atoms with E-state index in [2.05, 4.69) is 5.32 Å². The monoisotopic (exact) mass is 292 g/mol. The van der Waals surface area contributed by atoms with E-state index < -0.39 is 17.6 Å². The SMILES string of the molecule is CN(C)CC(=O)N[C@H](C(=O)OC(C)(C)C)c1ccccc1. The number of benzene rings is 1. The highest BCUT2D eigenvalue weighted by molar-refractivity contribution is 5.86. The summed E-state index contributed by atoms with van der Waals surface area (Å²) < 4.78 is 5.39. The molecule has 116 valence electrons. The van der Waals surface area contributed by atoms with Gasteiger partial charge in [0.25, 0.3) is 0 Å². The van der Waals surface area contributed by atoms with Gasteiger partial charge in [0.05, 0.1) is 6.54 Å². The second kappa shape index (κ2) is 7.22. The van der Waals surface area contributed by atoms with E-state index in [9.17, 15) is 9.59 Å². The second-order valence-electron chi connectivity index (χ2n) is 6.18. The third-order valence-electron chi connectivity index (χ3n) is 2.54. The molecule has 1 atom stereocenters. The molecule has 1 rings (SSSR count). The van der Waals surface area contributed by atoms with Gasteiger partial charge in [0.15, 0.2) is 6.04 Å². The minimum Gasteiger partial charge on any atom is -0.458 e. The van der Waals surface area contributed by atoms with Crippen LogP contribution in [-0.4, -0.2) is 43.0 Å². The zero-order chi connectivity index (χ0) is 16.0. The van der Waals surface area contributed by atoms with Crippen LogP contribution in [0.4, 0.5) is 0 Å². The van der Waals surface area contributed by atoms with Crippen molar-refractivity contribution in [2.45, 2.75) is 32.4 Å². The summed E-state index contributed by atoms with van der Waals surface area (Å²) in [6, 6.07) is 8.31. The number of esters is 1. The molecule has 0 aromatic heterocycles. The van der Waals surface area contributed by atoms with Crippen LogP contribution in [0, 0.1) is 0 Å². The number of carbonyl (C=O) groups is 2. The van der Waals surface area contributed by atoms with Crippen molar-refractivity contribution in [1.82, 2.24) is 10.2 Å². The van der Waals surface area contributed by atoms with Gasteiger partial charge in [-0.25, -0.2) is 4.79 Å². The smallest absolute Gasteiger partial charge is 0.333 e. The number of ether oxygens (including phenoxy) is 1. The lowest BCUT2D eigenvalue weighted by molar-refractivity contribution is -0.159. The summed E-state index contributed by atoms with van der Waals surface area (Å²) >= 11 is 0. The van der Waals surface area contributed by atoms with E-state index >= 15 is 0 Å². The van der Waals surface area contributed by atoms with Crippen molar-refractivity contribution in [3.63, 3.8) is 0 Å². The van der Waals surface area contributed by atoms with E-state index in [1.807, 2.05) is 18.2 Å². The van der Waals surface area contributed by atoms with Crippen LogP contribution in [0.15, 0.2) is 30.3 Å². The van der Waals surface area contributed by atoms with Crippen molar-refractivity contribution < 1.29 is 14.3 Å². The lowest BCUT2D eigenvalue weighted by Gasteiger charge is -2.25. The molecule has 0 heterocycles. The van der Waals surface area contributed by atoms with Crippen LogP contribution < -0.4 is 5.32 Å². The molecule has 1 aromatic rings. The fourth-order valence-corrected chi connectivity index (χ4v) is 1.78. The molecule has 0 bridgehead atoms. The Hall–Kier alpha value is -1.88. The summed E-state index contributed by atoms with van der Waals surface area (Å²) in [5.74, 6) is -0.680. The molecule has 0 radical (unpaired) electrons. The Labute approximate surface area is 126 Å². The Morgan fingerprint density at radius 3 is 2.24 bits per heavy atom. The number of amides is 1. The van der Waals surface area contributed by atoms with Gasteiger partial charge >= 0.3 is 5.97 Å². The molecule has 0 saturated carbocycles. The average Bonchev–Trinajstić information content (AvgIpc) is 2.34. The molecule has 0 aliphatic heterocycles. The summed E-state index contributed by atoms with van der Waals surface area (Å²) in [6.45, 7) is 5.61. The summed E-state index contributed by atoms with van der Waals surface area (Å²) in [5.41, 5.74) is 0.106. The third-order valence-corrected chi connectivity index (χ3v) is 2.54. The van der Waals surface area contributed by atoms with Crippen LogP contribution in [0.25, 0.3) is 0 Å². The molecule has 0 saturated heterocycles. The Kier molecular flexibility index (Phi) is 5.90. The van der Waals surface area contributed by atoms with E-state index in [1.54, 1.807) is 51.9 Å². The fraction of sp³-hybridized carbons (Fsp3) is 0.500. The van der Waals surface area contributed by atoms with E-state index in [0.717, 1.165) is 0 Å². The second-order valence-corrected chi connectivity index (χ2v) is 6.18. The van der Waals surface area contributed by atoms with Gasteiger partial charge in [-0.3, -0.25) is 4.79 Å². The van der Waals surface area contributed by atoms with Gasteiger partial charge in [-0.1, -0.05) is 30.3 Å². The average molecular weight is 292 g/mol. The number of nitrogens with zero attached hydrogens (tertiary/aromatic N) is 1. The molecule has 21 heavy (non-hydrogen) atoms. The van der Waals surface area contributed by atoms with Crippen LogP contribution in [0.5, 0.6) is 0 Å². The summed E-state index contributed by atoms with van der Waals surface area (Å²) in [4.78, 5) is 26.0. The predicted molar refractivity (Wildman–Crippen MR) is 81.7 cm³/mol. The first kappa shape index (κ1) is 17.2. The Morgan fingerprint density at radius 2 is 1.76 bits per heavy atom. The van der Waals surface area contributed by atoms with E-state index in [-0.39, 0.29) is 12.5 Å². The van der Waals surface area contributed by atoms with Gasteiger partial charge in [-0.2, -0.15) is 0 Å². The molecule has 1 amide bonds. The van der Waals surface area contributed by atoms with Gasteiger partial charge in [0, 0.05) is 0 Å². The predicted octanol–water partition coefficient (Wildman–Crippen LogP) is 1.75. The maximum absolute atomic E-state index is 12.3. The van der Waals surface area contributed by atoms with Gasteiger partial charge in [0.1, 0.15) is 5.60 Å². The molecular weight excluding hydrogens is 268 g/mol. The van der Waals surface area contributed by atoms with Crippen molar-refractivity contribution in [1.29, 1.82) is 0 Å². The topological polar surface area (TPSA) is 58.6 Å². The first-order valence-electron chi connectivity index (χ1n) is 6.91. The lowest BCUT2D eigenvalue weighted by Crippen LogP contribution is -2.41. The van der Waals surface area contributed by atoms with Crippen molar-refractivity contribution in [2.24, 2.45) is 0 Å². The molecule has 0 aliphatic carbocycles. The quantitative estimate of drug-likeness (QED) is 0.840. The lowest BCUT2D eigenvalue weighted by atomic mass is 10.1. The largest absolute Gasteiger partial charge is 0.458 e. The Bertz CT molecular complexity index is 478. The normalized spacial score (nSPS) is 12.9. The maximum Gasteiger partial charge on any atom is 0.333 e. The zero-order valence-corrected chi connectivity index (χ0v) is 13.3. The van der Waals surface area contributed by atoms with E-state index in [0.29, 0.717) is 5.56 Å².